The van der Waals surface area contributed by atoms with Gasteiger partial charge in [-0.25, -0.2) is 4.79 Å². The number of carbonyl (C=O) groups excluding carboxylic acids is 1. The first-order valence-corrected chi connectivity index (χ1v) is 3.86. The third kappa shape index (κ3) is 2.09. The van der Waals surface area contributed by atoms with Gasteiger partial charge in [-0.05, 0) is 0 Å². The molecular weight excluding hydrogens is 160 g/mol. The number of amides is 2. The molecule has 1 aliphatic rings. The largest absolute Gasteiger partial charge is 0.354 e. The van der Waals surface area contributed by atoms with Crippen molar-refractivity contribution in [3.05, 3.63) is 0 Å². The van der Waals surface area contributed by atoms with Crippen molar-refractivity contribution in [1.29, 1.82) is 0 Å². The van der Waals surface area contributed by atoms with Crippen LogP contribution in [0.2, 0.25) is 0 Å². The second-order valence-corrected chi connectivity index (χ2v) is 2.58. The maximum Gasteiger partial charge on any atom is 0.317 e. The lowest BCUT2D eigenvalue weighted by Crippen LogP contribution is -2.36. The summed E-state index contributed by atoms with van der Waals surface area (Å²) in [6, 6.07) is -0.0471. The summed E-state index contributed by atoms with van der Waals surface area (Å²) in [5, 5.41) is 2.70. The Morgan fingerprint density at radius 3 is 2.67 bits per heavy atom. The van der Waals surface area contributed by atoms with Gasteiger partial charge < -0.3 is 19.7 Å². The molecule has 1 saturated heterocycles. The van der Waals surface area contributed by atoms with E-state index < -0.39 is 0 Å². The molecule has 1 heterocycles. The first-order chi connectivity index (χ1) is 5.77. The second-order valence-electron chi connectivity index (χ2n) is 2.58. The number of hydrogen-bond acceptors (Lipinski definition) is 3. The fraction of sp³-hybridized carbons (Fsp3) is 0.857. The topological polar surface area (TPSA) is 50.8 Å². The van der Waals surface area contributed by atoms with Gasteiger partial charge in [-0.2, -0.15) is 0 Å². The highest BCUT2D eigenvalue weighted by atomic mass is 16.7. The Balaban J connectivity index is 2.33. The molecule has 1 aliphatic heterocycles. The molecule has 0 radical (unpaired) electrons. The van der Waals surface area contributed by atoms with Crippen LogP contribution in [0.25, 0.3) is 0 Å². The minimum Gasteiger partial charge on any atom is -0.354 e. The number of ether oxygens (including phenoxy) is 2. The van der Waals surface area contributed by atoms with Gasteiger partial charge in [0.15, 0.2) is 6.29 Å². The molecule has 0 atom stereocenters. The average molecular weight is 174 g/mol. The van der Waals surface area contributed by atoms with Crippen LogP contribution in [0.15, 0.2) is 0 Å². The van der Waals surface area contributed by atoms with Crippen molar-refractivity contribution in [1.82, 2.24) is 10.2 Å². The summed E-state index contributed by atoms with van der Waals surface area (Å²) >= 11 is 0. The van der Waals surface area contributed by atoms with E-state index in [-0.39, 0.29) is 12.3 Å². The monoisotopic (exact) mass is 174 g/mol. The molecule has 0 bridgehead atoms. The van der Waals surface area contributed by atoms with Crippen molar-refractivity contribution in [3.63, 3.8) is 0 Å². The van der Waals surface area contributed by atoms with Gasteiger partial charge in [0, 0.05) is 27.3 Å². The molecular formula is C7H14N2O3. The van der Waals surface area contributed by atoms with Crippen LogP contribution in [0, 0.1) is 0 Å². The summed E-state index contributed by atoms with van der Waals surface area (Å²) < 4.78 is 9.93. The highest BCUT2D eigenvalue weighted by Crippen LogP contribution is 2.00. The third-order valence-corrected chi connectivity index (χ3v) is 1.84. The SMILES string of the molecule is COC(CN1CCNC1=O)OC. The van der Waals surface area contributed by atoms with Crippen molar-refractivity contribution >= 4 is 6.03 Å². The smallest absolute Gasteiger partial charge is 0.317 e. The number of nitrogens with one attached hydrogen (secondary N) is 1. The summed E-state index contributed by atoms with van der Waals surface area (Å²) in [4.78, 5) is 12.7. The van der Waals surface area contributed by atoms with Gasteiger partial charge in [-0.1, -0.05) is 0 Å². The van der Waals surface area contributed by atoms with Gasteiger partial charge in [0.05, 0.1) is 6.54 Å². The van der Waals surface area contributed by atoms with Crippen molar-refractivity contribution in [3.8, 4) is 0 Å². The summed E-state index contributed by atoms with van der Waals surface area (Å²) in [6.45, 7) is 1.92. The highest BCUT2D eigenvalue weighted by Gasteiger charge is 2.22. The Kier molecular flexibility index (Phi) is 3.31. The number of carbonyl (C=O) groups is 1. The second kappa shape index (κ2) is 4.27. The standard InChI is InChI=1S/C7H14N2O3/c1-11-6(12-2)5-9-4-3-8-7(9)10/h6H,3-5H2,1-2H3,(H,8,10). The fourth-order valence-corrected chi connectivity index (χ4v) is 1.11. The first kappa shape index (κ1) is 9.28. The van der Waals surface area contributed by atoms with Gasteiger partial charge in [0.2, 0.25) is 0 Å². The number of methoxy groups -OCH3 is 2. The normalized spacial score (nSPS) is 17.2. The Hall–Kier alpha value is -0.810. The van der Waals surface area contributed by atoms with Crippen molar-refractivity contribution in [2.45, 2.75) is 6.29 Å². The molecule has 2 amide bonds. The van der Waals surface area contributed by atoms with E-state index in [9.17, 15) is 4.79 Å². The summed E-state index contributed by atoms with van der Waals surface area (Å²) in [5.41, 5.74) is 0. The molecule has 1 fully saturated rings. The zero-order chi connectivity index (χ0) is 8.97. The Labute approximate surface area is 71.6 Å². The van der Waals surface area contributed by atoms with Gasteiger partial charge in [-0.3, -0.25) is 0 Å². The molecule has 0 saturated carbocycles. The number of hydrogen-bond donors (Lipinski definition) is 1. The Morgan fingerprint density at radius 2 is 2.25 bits per heavy atom. The van der Waals surface area contributed by atoms with E-state index >= 15 is 0 Å². The van der Waals surface area contributed by atoms with Crippen LogP contribution in [0.1, 0.15) is 0 Å². The molecule has 0 aromatic heterocycles. The lowest BCUT2D eigenvalue weighted by molar-refractivity contribution is -0.109. The Bertz CT molecular complexity index is 159. The lowest BCUT2D eigenvalue weighted by Gasteiger charge is -2.20. The maximum atomic E-state index is 11.0. The third-order valence-electron chi connectivity index (χ3n) is 1.84. The van der Waals surface area contributed by atoms with Crippen LogP contribution in [0.3, 0.4) is 0 Å². The van der Waals surface area contributed by atoms with E-state index in [2.05, 4.69) is 5.32 Å². The molecule has 70 valence electrons. The van der Waals surface area contributed by atoms with Gasteiger partial charge in [0.1, 0.15) is 0 Å². The van der Waals surface area contributed by atoms with Crippen LogP contribution in [0.4, 0.5) is 4.79 Å². The Morgan fingerprint density at radius 1 is 1.58 bits per heavy atom. The van der Waals surface area contributed by atoms with Gasteiger partial charge >= 0.3 is 6.03 Å². The summed E-state index contributed by atoms with van der Waals surface area (Å²) in [6.07, 6.45) is -0.325. The molecule has 12 heavy (non-hydrogen) atoms. The lowest BCUT2D eigenvalue weighted by atomic mass is 10.5. The molecule has 0 aromatic rings. The maximum absolute atomic E-state index is 11.0. The zero-order valence-corrected chi connectivity index (χ0v) is 7.37. The van der Waals surface area contributed by atoms with Crippen LogP contribution < -0.4 is 5.32 Å². The van der Waals surface area contributed by atoms with Crippen LogP contribution >= 0.6 is 0 Å². The fourth-order valence-electron chi connectivity index (χ4n) is 1.11. The van der Waals surface area contributed by atoms with E-state index in [1.165, 1.54) is 0 Å². The van der Waals surface area contributed by atoms with Crippen LogP contribution in [0.5, 0.6) is 0 Å². The van der Waals surface area contributed by atoms with Gasteiger partial charge in [-0.15, -0.1) is 0 Å². The predicted molar refractivity (Wildman–Crippen MR) is 42.8 cm³/mol. The van der Waals surface area contributed by atoms with E-state index in [1.54, 1.807) is 19.1 Å². The summed E-state index contributed by atoms with van der Waals surface area (Å²) in [5.74, 6) is 0. The number of urea groups is 1. The molecule has 5 nitrogen and oxygen atoms in total. The zero-order valence-electron chi connectivity index (χ0n) is 7.37. The molecule has 0 aliphatic carbocycles. The molecule has 0 unspecified atom stereocenters. The molecule has 5 heteroatoms. The highest BCUT2D eigenvalue weighted by molar-refractivity contribution is 5.76. The van der Waals surface area contributed by atoms with Crippen molar-refractivity contribution in [2.75, 3.05) is 33.9 Å². The molecule has 1 N–H and O–H groups in total. The quantitative estimate of drug-likeness (QED) is 0.592. The van der Waals surface area contributed by atoms with Crippen LogP contribution in [-0.2, 0) is 9.47 Å². The molecule has 0 spiro atoms. The first-order valence-electron chi connectivity index (χ1n) is 3.86. The molecule has 1 rings (SSSR count). The van der Waals surface area contributed by atoms with Crippen LogP contribution in [-0.4, -0.2) is 51.1 Å². The van der Waals surface area contributed by atoms with E-state index in [1.807, 2.05) is 0 Å². The number of nitrogens with zero attached hydrogens (tertiary/aromatic N) is 1. The van der Waals surface area contributed by atoms with Gasteiger partial charge in [0.25, 0.3) is 0 Å². The van der Waals surface area contributed by atoms with E-state index in [4.69, 9.17) is 9.47 Å². The minimum atomic E-state index is -0.325. The summed E-state index contributed by atoms with van der Waals surface area (Å²) in [7, 11) is 3.12. The average Bonchev–Trinajstić information content (AvgIpc) is 2.47. The number of rotatable bonds is 4. The predicted octanol–water partition coefficient (Wildman–Crippen LogP) is -0.369. The minimum absolute atomic E-state index is 0.0471. The molecule has 0 aromatic carbocycles. The van der Waals surface area contributed by atoms with Crippen molar-refractivity contribution in [2.24, 2.45) is 0 Å². The van der Waals surface area contributed by atoms with E-state index in [0.29, 0.717) is 13.1 Å². The van der Waals surface area contributed by atoms with E-state index in [0.717, 1.165) is 6.54 Å². The van der Waals surface area contributed by atoms with Crippen molar-refractivity contribution < 1.29 is 14.3 Å².